The van der Waals surface area contributed by atoms with Gasteiger partial charge in [-0.1, -0.05) is 39.3 Å². The Labute approximate surface area is 220 Å². The third-order valence-electron chi connectivity index (χ3n) is 13.4. The summed E-state index contributed by atoms with van der Waals surface area (Å²) in [5.74, 6) is -1.67. The highest BCUT2D eigenvalue weighted by atomic mass is 16.4. The van der Waals surface area contributed by atoms with Gasteiger partial charge in [0.1, 0.15) is 0 Å². The molecule has 4 saturated carbocycles. The second-order valence-electron chi connectivity index (χ2n) is 14.8. The molecule has 37 heavy (non-hydrogen) atoms. The van der Waals surface area contributed by atoms with Crippen LogP contribution in [0.15, 0.2) is 11.6 Å². The van der Waals surface area contributed by atoms with Crippen molar-refractivity contribution in [3.63, 3.8) is 0 Å². The molecule has 0 aromatic carbocycles. The van der Waals surface area contributed by atoms with Gasteiger partial charge >= 0.3 is 11.9 Å². The Morgan fingerprint density at radius 2 is 1.54 bits per heavy atom. The molecule has 7 nitrogen and oxygen atoms in total. The summed E-state index contributed by atoms with van der Waals surface area (Å²) < 4.78 is 0. The molecule has 208 valence electrons. The number of carbonyl (C=O) groups is 2. The van der Waals surface area contributed by atoms with E-state index in [1.165, 1.54) is 0 Å². The topological polar surface area (TPSA) is 135 Å². The Kier molecular flexibility index (Phi) is 5.90. The minimum absolute atomic E-state index is 0.0618. The maximum atomic E-state index is 12.8. The molecule has 0 heterocycles. The summed E-state index contributed by atoms with van der Waals surface area (Å²) in [5.41, 5.74) is -2.21. The van der Waals surface area contributed by atoms with Gasteiger partial charge in [-0.05, 0) is 98.7 Å². The van der Waals surface area contributed by atoms with Gasteiger partial charge in [-0.3, -0.25) is 9.59 Å². The number of carboxylic acids is 2. The first-order chi connectivity index (χ1) is 17.1. The summed E-state index contributed by atoms with van der Waals surface area (Å²) >= 11 is 0. The van der Waals surface area contributed by atoms with Crippen molar-refractivity contribution in [2.75, 3.05) is 6.61 Å². The van der Waals surface area contributed by atoms with Crippen LogP contribution in [0.1, 0.15) is 92.4 Å². The molecule has 0 radical (unpaired) electrons. The number of rotatable bonds is 3. The average molecular weight is 519 g/mol. The number of carboxylic acid groups (broad SMARTS) is 2. The second kappa shape index (κ2) is 8.04. The Bertz CT molecular complexity index is 1040. The lowest BCUT2D eigenvalue weighted by atomic mass is 9.33. The predicted octanol–water partition coefficient (Wildman–Crippen LogP) is 4.24. The van der Waals surface area contributed by atoms with E-state index in [1.54, 1.807) is 6.92 Å². The Morgan fingerprint density at radius 1 is 0.892 bits per heavy atom. The first-order valence-corrected chi connectivity index (χ1v) is 14.2. The highest BCUT2D eigenvalue weighted by molar-refractivity contribution is 5.79. The zero-order valence-corrected chi connectivity index (χ0v) is 23.1. The van der Waals surface area contributed by atoms with Gasteiger partial charge in [0, 0.05) is 5.41 Å². The molecular weight excluding hydrogens is 472 g/mol. The molecule has 5 N–H and O–H groups in total. The smallest absolute Gasteiger partial charge is 0.310 e. The largest absolute Gasteiger partial charge is 0.481 e. The maximum absolute atomic E-state index is 12.8. The van der Waals surface area contributed by atoms with Crippen LogP contribution < -0.4 is 0 Å². The van der Waals surface area contributed by atoms with Gasteiger partial charge in [-0.25, -0.2) is 0 Å². The van der Waals surface area contributed by atoms with Gasteiger partial charge in [-0.2, -0.15) is 0 Å². The normalized spacial score (nSPS) is 55.1. The van der Waals surface area contributed by atoms with E-state index in [1.807, 2.05) is 6.92 Å². The van der Waals surface area contributed by atoms with Crippen molar-refractivity contribution < 1.29 is 35.1 Å². The highest BCUT2D eigenvalue weighted by Crippen LogP contribution is 2.75. The van der Waals surface area contributed by atoms with E-state index >= 15 is 0 Å². The lowest BCUT2D eigenvalue weighted by molar-refractivity contribution is -0.243. The van der Waals surface area contributed by atoms with E-state index in [4.69, 9.17) is 0 Å². The molecule has 7 heteroatoms. The quantitative estimate of drug-likeness (QED) is 0.353. The van der Waals surface area contributed by atoms with Crippen molar-refractivity contribution in [1.29, 1.82) is 0 Å². The SMILES string of the molecule is C[C@]1(C(=O)O)CC[C@]2(C(=O)O)CC[C@]3(C)C(=CC[C@@H]4[C@@]5(C)C[C@H](O)[C@H](O)[C@@](C)(CO)[C@H]5CC[C@]43C)[C@H]2C1. The molecule has 5 aliphatic rings. The molecule has 0 aliphatic heterocycles. The fourth-order valence-electron chi connectivity index (χ4n) is 10.8. The van der Waals surface area contributed by atoms with Crippen LogP contribution in [0, 0.1) is 50.2 Å². The minimum Gasteiger partial charge on any atom is -0.481 e. The van der Waals surface area contributed by atoms with Crippen molar-refractivity contribution in [3.05, 3.63) is 11.6 Å². The van der Waals surface area contributed by atoms with Crippen LogP contribution in [-0.2, 0) is 9.59 Å². The standard InChI is InChI=1S/C30H46O7/c1-25(23(34)35)10-12-30(24(36)37)13-11-28(4)17(18(30)14-25)6-7-21-26(2)15-19(32)22(33)27(3,16-31)20(26)8-9-29(21,28)5/h6,18-22,31-33H,7-16H2,1-5H3,(H,34,35)(H,36,37)/t18-,19+,20+,21-,22+,25+,26+,27+,28-,29-,30+/m1/s1. The molecular formula is C30H46O7. The fourth-order valence-corrected chi connectivity index (χ4v) is 10.8. The number of fused-ring (bicyclic) bond motifs is 7. The zero-order chi connectivity index (χ0) is 27.4. The first kappa shape index (κ1) is 27.1. The number of aliphatic hydroxyl groups is 3. The predicted molar refractivity (Wildman–Crippen MR) is 137 cm³/mol. The van der Waals surface area contributed by atoms with Gasteiger partial charge in [0.2, 0.25) is 0 Å². The first-order valence-electron chi connectivity index (χ1n) is 14.2. The van der Waals surface area contributed by atoms with Gasteiger partial charge in [0.15, 0.2) is 0 Å². The molecule has 0 unspecified atom stereocenters. The average Bonchev–Trinajstić information content (AvgIpc) is 2.82. The van der Waals surface area contributed by atoms with Gasteiger partial charge < -0.3 is 25.5 Å². The molecule has 0 bridgehead atoms. The summed E-state index contributed by atoms with van der Waals surface area (Å²) in [7, 11) is 0. The van der Waals surface area contributed by atoms with E-state index in [0.29, 0.717) is 32.1 Å². The van der Waals surface area contributed by atoms with Crippen LogP contribution in [0.25, 0.3) is 0 Å². The van der Waals surface area contributed by atoms with E-state index in [0.717, 1.165) is 31.3 Å². The van der Waals surface area contributed by atoms with Crippen LogP contribution in [0.2, 0.25) is 0 Å². The van der Waals surface area contributed by atoms with Crippen molar-refractivity contribution in [2.24, 2.45) is 50.2 Å². The molecule has 5 aliphatic carbocycles. The Balaban J connectivity index is 1.61. The molecule has 5 rings (SSSR count). The molecule has 0 aromatic rings. The van der Waals surface area contributed by atoms with Crippen LogP contribution >= 0.6 is 0 Å². The second-order valence-corrected chi connectivity index (χ2v) is 14.8. The lowest BCUT2D eigenvalue weighted by Gasteiger charge is -2.71. The van der Waals surface area contributed by atoms with Gasteiger partial charge in [0.05, 0.1) is 29.6 Å². The van der Waals surface area contributed by atoms with E-state index in [2.05, 4.69) is 26.8 Å². The fraction of sp³-hybridized carbons (Fsp3) is 0.867. The molecule has 0 spiro atoms. The van der Waals surface area contributed by atoms with E-state index in [9.17, 15) is 35.1 Å². The van der Waals surface area contributed by atoms with E-state index in [-0.39, 0.29) is 40.6 Å². The van der Waals surface area contributed by atoms with Crippen LogP contribution in [0.5, 0.6) is 0 Å². The monoisotopic (exact) mass is 518 g/mol. The molecule has 4 fully saturated rings. The number of hydrogen-bond acceptors (Lipinski definition) is 5. The Morgan fingerprint density at radius 3 is 2.14 bits per heavy atom. The summed E-state index contributed by atoms with van der Waals surface area (Å²) in [4.78, 5) is 25.1. The van der Waals surface area contributed by atoms with Gasteiger partial charge in [-0.15, -0.1) is 0 Å². The highest BCUT2D eigenvalue weighted by Gasteiger charge is 2.71. The third-order valence-corrected chi connectivity index (χ3v) is 13.4. The third kappa shape index (κ3) is 3.17. The van der Waals surface area contributed by atoms with E-state index < -0.39 is 40.4 Å². The number of hydrogen-bond donors (Lipinski definition) is 5. The van der Waals surface area contributed by atoms with Crippen LogP contribution in [0.4, 0.5) is 0 Å². The molecule has 0 aromatic heterocycles. The van der Waals surface area contributed by atoms with Crippen molar-refractivity contribution >= 4 is 11.9 Å². The maximum Gasteiger partial charge on any atom is 0.310 e. The summed E-state index contributed by atoms with van der Waals surface area (Å²) in [5, 5.41) is 52.9. The summed E-state index contributed by atoms with van der Waals surface area (Å²) in [6, 6.07) is 0. The lowest BCUT2D eigenvalue weighted by Crippen LogP contribution is -2.68. The van der Waals surface area contributed by atoms with Crippen molar-refractivity contribution in [1.82, 2.24) is 0 Å². The van der Waals surface area contributed by atoms with Crippen LogP contribution in [0.3, 0.4) is 0 Å². The number of aliphatic carboxylic acids is 2. The minimum atomic E-state index is -0.966. The molecule has 0 amide bonds. The number of aliphatic hydroxyl groups excluding tert-OH is 3. The Hall–Kier alpha value is -1.44. The van der Waals surface area contributed by atoms with Crippen molar-refractivity contribution in [3.8, 4) is 0 Å². The molecule has 11 atom stereocenters. The van der Waals surface area contributed by atoms with Crippen molar-refractivity contribution in [2.45, 2.75) is 105 Å². The molecule has 0 saturated heterocycles. The summed E-state index contributed by atoms with van der Waals surface area (Å²) in [6.45, 7) is 10.4. The van der Waals surface area contributed by atoms with Crippen LogP contribution in [-0.4, -0.2) is 56.3 Å². The van der Waals surface area contributed by atoms with Gasteiger partial charge in [0.25, 0.3) is 0 Å². The zero-order valence-electron chi connectivity index (χ0n) is 23.1. The number of allylic oxidation sites excluding steroid dienone is 2. The summed E-state index contributed by atoms with van der Waals surface area (Å²) in [6.07, 6.45) is 5.76.